The molecule has 19 heavy (non-hydrogen) atoms. The number of anilines is 1. The first-order valence-electron chi connectivity index (χ1n) is 7.01. The quantitative estimate of drug-likeness (QED) is 0.876. The standard InChI is InChI=1S/C15H23N3O/c1-4-16-14(19)13-9-11(6-8-17-13)18-12-5-7-15(2,3)10-12/h6,8-9,12H,4-5,7,10H2,1-3H3,(H,16,19)(H,17,18). The predicted octanol–water partition coefficient (Wildman–Crippen LogP) is 2.82. The minimum atomic E-state index is -0.113. The third-order valence-electron chi connectivity index (χ3n) is 3.67. The van der Waals surface area contributed by atoms with Crippen LogP contribution in [0.5, 0.6) is 0 Å². The Morgan fingerprint density at radius 1 is 1.53 bits per heavy atom. The molecule has 2 N–H and O–H groups in total. The molecule has 1 aliphatic rings. The number of carbonyl (C=O) groups excluding carboxylic acids is 1. The Bertz CT molecular complexity index is 456. The van der Waals surface area contributed by atoms with Crippen molar-refractivity contribution in [1.82, 2.24) is 10.3 Å². The van der Waals surface area contributed by atoms with Gasteiger partial charge < -0.3 is 10.6 Å². The molecular weight excluding hydrogens is 238 g/mol. The fraction of sp³-hybridized carbons (Fsp3) is 0.600. The number of rotatable bonds is 4. The summed E-state index contributed by atoms with van der Waals surface area (Å²) in [5, 5.41) is 6.28. The molecule has 1 aromatic rings. The van der Waals surface area contributed by atoms with E-state index in [1.165, 1.54) is 19.3 Å². The molecule has 1 atom stereocenters. The van der Waals surface area contributed by atoms with Crippen molar-refractivity contribution in [2.45, 2.75) is 46.1 Å². The van der Waals surface area contributed by atoms with E-state index in [2.05, 4.69) is 29.5 Å². The van der Waals surface area contributed by atoms with E-state index < -0.39 is 0 Å². The smallest absolute Gasteiger partial charge is 0.269 e. The van der Waals surface area contributed by atoms with Crippen LogP contribution in [0, 0.1) is 5.41 Å². The molecule has 4 nitrogen and oxygen atoms in total. The molecule has 1 aromatic heterocycles. The van der Waals surface area contributed by atoms with Crippen molar-refractivity contribution in [3.8, 4) is 0 Å². The molecule has 104 valence electrons. The summed E-state index contributed by atoms with van der Waals surface area (Å²) in [6, 6.07) is 4.25. The minimum absolute atomic E-state index is 0.113. The van der Waals surface area contributed by atoms with Crippen LogP contribution in [-0.2, 0) is 0 Å². The van der Waals surface area contributed by atoms with Crippen molar-refractivity contribution in [1.29, 1.82) is 0 Å². The van der Waals surface area contributed by atoms with Gasteiger partial charge in [-0.3, -0.25) is 9.78 Å². The Balaban J connectivity index is 2.01. The highest BCUT2D eigenvalue weighted by Gasteiger charge is 2.30. The van der Waals surface area contributed by atoms with Gasteiger partial charge in [-0.05, 0) is 43.7 Å². The van der Waals surface area contributed by atoms with Crippen LogP contribution in [0.25, 0.3) is 0 Å². The molecule has 0 saturated heterocycles. The van der Waals surface area contributed by atoms with E-state index in [9.17, 15) is 4.79 Å². The van der Waals surface area contributed by atoms with Crippen LogP contribution in [-0.4, -0.2) is 23.5 Å². The van der Waals surface area contributed by atoms with Crippen LogP contribution in [0.15, 0.2) is 18.3 Å². The molecule has 0 radical (unpaired) electrons. The summed E-state index contributed by atoms with van der Waals surface area (Å²) in [6.07, 6.45) is 5.30. The van der Waals surface area contributed by atoms with Crippen LogP contribution in [0.4, 0.5) is 5.69 Å². The fourth-order valence-corrected chi connectivity index (χ4v) is 2.69. The molecule has 4 heteroatoms. The lowest BCUT2D eigenvalue weighted by Gasteiger charge is -2.18. The third-order valence-corrected chi connectivity index (χ3v) is 3.67. The van der Waals surface area contributed by atoms with Crippen molar-refractivity contribution < 1.29 is 4.79 Å². The zero-order valence-electron chi connectivity index (χ0n) is 12.0. The predicted molar refractivity (Wildman–Crippen MR) is 77.3 cm³/mol. The van der Waals surface area contributed by atoms with Gasteiger partial charge in [0.25, 0.3) is 5.91 Å². The van der Waals surface area contributed by atoms with Crippen molar-refractivity contribution in [2.24, 2.45) is 5.41 Å². The summed E-state index contributed by atoms with van der Waals surface area (Å²) in [4.78, 5) is 15.8. The monoisotopic (exact) mass is 261 g/mol. The van der Waals surface area contributed by atoms with Gasteiger partial charge in [-0.1, -0.05) is 13.8 Å². The molecule has 0 aliphatic heterocycles. The average molecular weight is 261 g/mol. The highest BCUT2D eigenvalue weighted by Crippen LogP contribution is 2.38. The van der Waals surface area contributed by atoms with E-state index in [-0.39, 0.29) is 5.91 Å². The number of hydrogen-bond donors (Lipinski definition) is 2. The Morgan fingerprint density at radius 3 is 2.95 bits per heavy atom. The van der Waals surface area contributed by atoms with E-state index in [1.54, 1.807) is 6.20 Å². The van der Waals surface area contributed by atoms with Gasteiger partial charge in [0.15, 0.2) is 0 Å². The SMILES string of the molecule is CCNC(=O)c1cc(NC2CCC(C)(C)C2)ccn1. The lowest BCUT2D eigenvalue weighted by Crippen LogP contribution is -2.24. The topological polar surface area (TPSA) is 54.0 Å². The fourth-order valence-electron chi connectivity index (χ4n) is 2.69. The van der Waals surface area contributed by atoms with Crippen LogP contribution in [0.2, 0.25) is 0 Å². The number of pyridine rings is 1. The molecule has 1 heterocycles. The lowest BCUT2D eigenvalue weighted by atomic mass is 9.92. The van der Waals surface area contributed by atoms with Crippen LogP contribution < -0.4 is 10.6 Å². The van der Waals surface area contributed by atoms with E-state index in [4.69, 9.17) is 0 Å². The summed E-state index contributed by atoms with van der Waals surface area (Å²) < 4.78 is 0. The van der Waals surface area contributed by atoms with Gasteiger partial charge in [0.05, 0.1) is 0 Å². The molecule has 0 bridgehead atoms. The largest absolute Gasteiger partial charge is 0.382 e. The Hall–Kier alpha value is -1.58. The molecule has 1 amide bonds. The first-order valence-corrected chi connectivity index (χ1v) is 7.01. The maximum atomic E-state index is 11.7. The summed E-state index contributed by atoms with van der Waals surface area (Å²) in [5.41, 5.74) is 1.88. The van der Waals surface area contributed by atoms with Gasteiger partial charge >= 0.3 is 0 Å². The van der Waals surface area contributed by atoms with Crippen molar-refractivity contribution in [3.05, 3.63) is 24.0 Å². The molecule has 1 fully saturated rings. The van der Waals surface area contributed by atoms with E-state index in [1.807, 2.05) is 19.1 Å². The number of nitrogens with zero attached hydrogens (tertiary/aromatic N) is 1. The minimum Gasteiger partial charge on any atom is -0.382 e. The third kappa shape index (κ3) is 3.69. The molecule has 1 saturated carbocycles. The zero-order valence-corrected chi connectivity index (χ0v) is 12.0. The molecule has 1 unspecified atom stereocenters. The van der Waals surface area contributed by atoms with Crippen molar-refractivity contribution in [3.63, 3.8) is 0 Å². The number of hydrogen-bond acceptors (Lipinski definition) is 3. The van der Waals surface area contributed by atoms with Gasteiger partial charge in [0, 0.05) is 24.5 Å². The van der Waals surface area contributed by atoms with E-state index in [0.717, 1.165) is 5.69 Å². The molecule has 0 aromatic carbocycles. The van der Waals surface area contributed by atoms with Crippen molar-refractivity contribution >= 4 is 11.6 Å². The first-order chi connectivity index (χ1) is 9.00. The van der Waals surface area contributed by atoms with E-state index >= 15 is 0 Å². The number of amides is 1. The van der Waals surface area contributed by atoms with Crippen molar-refractivity contribution in [2.75, 3.05) is 11.9 Å². The summed E-state index contributed by atoms with van der Waals surface area (Å²) in [7, 11) is 0. The highest BCUT2D eigenvalue weighted by atomic mass is 16.1. The lowest BCUT2D eigenvalue weighted by molar-refractivity contribution is 0.0951. The van der Waals surface area contributed by atoms with E-state index in [0.29, 0.717) is 23.7 Å². The van der Waals surface area contributed by atoms with Gasteiger partial charge in [0.1, 0.15) is 5.69 Å². The number of aromatic nitrogens is 1. The maximum Gasteiger partial charge on any atom is 0.269 e. The van der Waals surface area contributed by atoms with Gasteiger partial charge in [-0.2, -0.15) is 0 Å². The summed E-state index contributed by atoms with van der Waals surface area (Å²) in [5.74, 6) is -0.113. The summed E-state index contributed by atoms with van der Waals surface area (Å²) >= 11 is 0. The molecule has 2 rings (SSSR count). The second-order valence-corrected chi connectivity index (χ2v) is 6.04. The molecule has 0 spiro atoms. The molecular formula is C15H23N3O. The Morgan fingerprint density at radius 2 is 2.32 bits per heavy atom. The zero-order chi connectivity index (χ0) is 13.9. The Kier molecular flexibility index (Phi) is 4.08. The van der Waals surface area contributed by atoms with Gasteiger partial charge in [-0.25, -0.2) is 0 Å². The maximum absolute atomic E-state index is 11.7. The molecule has 1 aliphatic carbocycles. The second-order valence-electron chi connectivity index (χ2n) is 6.04. The summed E-state index contributed by atoms with van der Waals surface area (Å²) in [6.45, 7) is 7.14. The van der Waals surface area contributed by atoms with Crippen LogP contribution in [0.1, 0.15) is 50.5 Å². The average Bonchev–Trinajstić information content (AvgIpc) is 2.69. The van der Waals surface area contributed by atoms with Crippen LogP contribution in [0.3, 0.4) is 0 Å². The number of nitrogens with one attached hydrogen (secondary N) is 2. The van der Waals surface area contributed by atoms with Crippen LogP contribution >= 0.6 is 0 Å². The Labute approximate surface area is 115 Å². The number of carbonyl (C=O) groups is 1. The first kappa shape index (κ1) is 13.8. The second kappa shape index (κ2) is 5.59. The normalized spacial score (nSPS) is 21.1. The van der Waals surface area contributed by atoms with Gasteiger partial charge in [0.2, 0.25) is 0 Å². The van der Waals surface area contributed by atoms with Gasteiger partial charge in [-0.15, -0.1) is 0 Å². The highest BCUT2D eigenvalue weighted by molar-refractivity contribution is 5.93.